The summed E-state index contributed by atoms with van der Waals surface area (Å²) < 4.78 is 5.12. The summed E-state index contributed by atoms with van der Waals surface area (Å²) in [6.07, 6.45) is 0. The van der Waals surface area contributed by atoms with E-state index in [9.17, 15) is 0 Å². The Kier molecular flexibility index (Phi) is 3.01. The molecule has 1 fully saturated rings. The molecule has 0 saturated carbocycles. The number of methoxy groups -OCH3 is 1. The van der Waals surface area contributed by atoms with Gasteiger partial charge in [-0.25, -0.2) is 0 Å². The molecule has 1 aliphatic heterocycles. The fourth-order valence-corrected chi connectivity index (χ4v) is 1.73. The van der Waals surface area contributed by atoms with Crippen molar-refractivity contribution in [2.75, 3.05) is 26.7 Å². The smallest absolute Gasteiger partial charge is 0.118 e. The molecule has 0 radical (unpaired) electrons. The SMILES string of the molecule is COc1ccc(C2CNCCN2)cc1. The van der Waals surface area contributed by atoms with E-state index < -0.39 is 0 Å². The molecule has 0 aliphatic carbocycles. The summed E-state index contributed by atoms with van der Waals surface area (Å²) in [5.74, 6) is 0.914. The Hall–Kier alpha value is -1.06. The Morgan fingerprint density at radius 2 is 2.00 bits per heavy atom. The summed E-state index contributed by atoms with van der Waals surface area (Å²) in [4.78, 5) is 0. The van der Waals surface area contributed by atoms with Crippen LogP contribution in [0.25, 0.3) is 0 Å². The lowest BCUT2D eigenvalue weighted by Crippen LogP contribution is -2.42. The van der Waals surface area contributed by atoms with Crippen LogP contribution >= 0.6 is 0 Å². The highest BCUT2D eigenvalue weighted by molar-refractivity contribution is 5.29. The molecule has 0 bridgehead atoms. The van der Waals surface area contributed by atoms with Crippen molar-refractivity contribution in [2.45, 2.75) is 6.04 Å². The van der Waals surface area contributed by atoms with Crippen LogP contribution < -0.4 is 15.4 Å². The quantitative estimate of drug-likeness (QED) is 0.731. The first kappa shape index (κ1) is 9.49. The third-order valence-electron chi connectivity index (χ3n) is 2.56. The average Bonchev–Trinajstić information content (AvgIpc) is 2.30. The maximum atomic E-state index is 5.12. The molecule has 0 spiro atoms. The van der Waals surface area contributed by atoms with Gasteiger partial charge < -0.3 is 15.4 Å². The van der Waals surface area contributed by atoms with Crippen LogP contribution in [0.1, 0.15) is 11.6 Å². The molecule has 3 nitrogen and oxygen atoms in total. The summed E-state index contributed by atoms with van der Waals surface area (Å²) >= 11 is 0. The first-order valence-corrected chi connectivity index (χ1v) is 4.98. The maximum Gasteiger partial charge on any atom is 0.118 e. The van der Waals surface area contributed by atoms with Crippen LogP contribution in [0, 0.1) is 0 Å². The normalized spacial score (nSPS) is 21.9. The molecular weight excluding hydrogens is 176 g/mol. The van der Waals surface area contributed by atoms with Crippen molar-refractivity contribution in [3.63, 3.8) is 0 Å². The number of piperazine rings is 1. The van der Waals surface area contributed by atoms with Crippen molar-refractivity contribution in [3.8, 4) is 5.75 Å². The van der Waals surface area contributed by atoms with Crippen LogP contribution in [0.5, 0.6) is 5.75 Å². The number of ether oxygens (including phenoxy) is 1. The molecule has 76 valence electrons. The molecule has 0 aromatic heterocycles. The van der Waals surface area contributed by atoms with Crippen molar-refractivity contribution in [2.24, 2.45) is 0 Å². The van der Waals surface area contributed by atoms with E-state index in [-0.39, 0.29) is 0 Å². The van der Waals surface area contributed by atoms with E-state index in [1.807, 2.05) is 12.1 Å². The van der Waals surface area contributed by atoms with Crippen molar-refractivity contribution in [1.29, 1.82) is 0 Å². The summed E-state index contributed by atoms with van der Waals surface area (Å²) in [5, 5.41) is 6.84. The van der Waals surface area contributed by atoms with Crippen LogP contribution in [0.4, 0.5) is 0 Å². The van der Waals surface area contributed by atoms with Crippen LogP contribution in [0.15, 0.2) is 24.3 Å². The van der Waals surface area contributed by atoms with E-state index in [4.69, 9.17) is 4.74 Å². The molecule has 3 heteroatoms. The number of rotatable bonds is 2. The Labute approximate surface area is 84.5 Å². The zero-order chi connectivity index (χ0) is 9.80. The summed E-state index contributed by atoms with van der Waals surface area (Å²) in [6.45, 7) is 3.11. The van der Waals surface area contributed by atoms with Gasteiger partial charge in [-0.3, -0.25) is 0 Å². The zero-order valence-corrected chi connectivity index (χ0v) is 8.42. The molecule has 1 aromatic carbocycles. The van der Waals surface area contributed by atoms with Gasteiger partial charge in [0.2, 0.25) is 0 Å². The molecule has 0 amide bonds. The fraction of sp³-hybridized carbons (Fsp3) is 0.455. The first-order chi connectivity index (χ1) is 6.90. The first-order valence-electron chi connectivity index (χ1n) is 4.98. The predicted molar refractivity (Wildman–Crippen MR) is 56.6 cm³/mol. The minimum absolute atomic E-state index is 0.439. The van der Waals surface area contributed by atoms with Gasteiger partial charge in [-0.15, -0.1) is 0 Å². The highest BCUT2D eigenvalue weighted by Gasteiger charge is 2.13. The molecule has 1 aromatic rings. The lowest BCUT2D eigenvalue weighted by atomic mass is 10.1. The number of hydrogen-bond donors (Lipinski definition) is 2. The molecule has 2 rings (SSSR count). The summed E-state index contributed by atoms with van der Waals surface area (Å²) in [6, 6.07) is 8.68. The third-order valence-corrected chi connectivity index (χ3v) is 2.56. The molecule has 2 N–H and O–H groups in total. The highest BCUT2D eigenvalue weighted by atomic mass is 16.5. The van der Waals surface area contributed by atoms with Gasteiger partial charge in [-0.05, 0) is 17.7 Å². The Morgan fingerprint density at radius 1 is 1.21 bits per heavy atom. The minimum Gasteiger partial charge on any atom is -0.497 e. The number of hydrogen-bond acceptors (Lipinski definition) is 3. The predicted octanol–water partition coefficient (Wildman–Crippen LogP) is 0.929. The van der Waals surface area contributed by atoms with Crippen LogP contribution in [-0.2, 0) is 0 Å². The second-order valence-corrected chi connectivity index (χ2v) is 3.48. The lowest BCUT2D eigenvalue weighted by Gasteiger charge is -2.24. The van der Waals surface area contributed by atoms with Gasteiger partial charge in [0.1, 0.15) is 5.75 Å². The van der Waals surface area contributed by atoms with Crippen molar-refractivity contribution >= 4 is 0 Å². The van der Waals surface area contributed by atoms with E-state index in [2.05, 4.69) is 22.8 Å². The molecular formula is C11H16N2O. The summed E-state index contributed by atoms with van der Waals surface area (Å²) in [5.41, 5.74) is 1.32. The standard InChI is InChI=1S/C11H16N2O/c1-14-10-4-2-9(3-5-10)11-8-12-6-7-13-11/h2-5,11-13H,6-8H2,1H3. The topological polar surface area (TPSA) is 33.3 Å². The van der Waals surface area contributed by atoms with E-state index in [0.717, 1.165) is 25.4 Å². The monoisotopic (exact) mass is 192 g/mol. The third kappa shape index (κ3) is 2.05. The highest BCUT2D eigenvalue weighted by Crippen LogP contribution is 2.17. The summed E-state index contributed by atoms with van der Waals surface area (Å²) in [7, 11) is 1.69. The second kappa shape index (κ2) is 4.44. The molecule has 1 unspecified atom stereocenters. The van der Waals surface area contributed by atoms with Crippen molar-refractivity contribution in [1.82, 2.24) is 10.6 Å². The van der Waals surface area contributed by atoms with Gasteiger partial charge in [-0.2, -0.15) is 0 Å². The molecule has 1 heterocycles. The van der Waals surface area contributed by atoms with Crippen LogP contribution in [0.2, 0.25) is 0 Å². The van der Waals surface area contributed by atoms with Gasteiger partial charge in [0.15, 0.2) is 0 Å². The minimum atomic E-state index is 0.439. The van der Waals surface area contributed by atoms with E-state index in [0.29, 0.717) is 6.04 Å². The lowest BCUT2D eigenvalue weighted by molar-refractivity contribution is 0.412. The van der Waals surface area contributed by atoms with Gasteiger partial charge >= 0.3 is 0 Å². The van der Waals surface area contributed by atoms with Gasteiger partial charge in [-0.1, -0.05) is 12.1 Å². The van der Waals surface area contributed by atoms with Gasteiger partial charge in [0.05, 0.1) is 7.11 Å². The van der Waals surface area contributed by atoms with Crippen LogP contribution in [0.3, 0.4) is 0 Å². The van der Waals surface area contributed by atoms with Gasteiger partial charge in [0.25, 0.3) is 0 Å². The van der Waals surface area contributed by atoms with Crippen molar-refractivity contribution < 1.29 is 4.74 Å². The van der Waals surface area contributed by atoms with E-state index >= 15 is 0 Å². The average molecular weight is 192 g/mol. The van der Waals surface area contributed by atoms with Crippen LogP contribution in [-0.4, -0.2) is 26.7 Å². The Balaban J connectivity index is 2.07. The molecule has 14 heavy (non-hydrogen) atoms. The molecule has 1 saturated heterocycles. The second-order valence-electron chi connectivity index (χ2n) is 3.48. The molecule has 1 atom stereocenters. The fourth-order valence-electron chi connectivity index (χ4n) is 1.73. The van der Waals surface area contributed by atoms with E-state index in [1.54, 1.807) is 7.11 Å². The number of nitrogens with one attached hydrogen (secondary N) is 2. The Morgan fingerprint density at radius 3 is 2.57 bits per heavy atom. The Bertz CT molecular complexity index is 278. The number of benzene rings is 1. The molecule has 1 aliphatic rings. The maximum absolute atomic E-state index is 5.12. The zero-order valence-electron chi connectivity index (χ0n) is 8.42. The largest absolute Gasteiger partial charge is 0.497 e. The van der Waals surface area contributed by atoms with E-state index in [1.165, 1.54) is 5.56 Å². The van der Waals surface area contributed by atoms with Crippen molar-refractivity contribution in [3.05, 3.63) is 29.8 Å². The van der Waals surface area contributed by atoms with Gasteiger partial charge in [0, 0.05) is 25.7 Å².